The lowest BCUT2D eigenvalue weighted by Gasteiger charge is -2.08. The first-order chi connectivity index (χ1) is 7.86. The predicted octanol–water partition coefficient (Wildman–Crippen LogP) is 2.57. The van der Waals surface area contributed by atoms with Crippen molar-refractivity contribution in [3.8, 4) is 0 Å². The van der Waals surface area contributed by atoms with Crippen LogP contribution in [0, 0.1) is 0 Å². The minimum absolute atomic E-state index is 0.498. The summed E-state index contributed by atoms with van der Waals surface area (Å²) in [6, 6.07) is 3.22. The standard InChI is InChI=1S/C6H4Cl3N.CHF3O3S/c7-3-1-4(8)6(10)5(9)2-3;2-1(3,4)8(5,6)7/h1-2H,10H2;(H,5,6,7). The van der Waals surface area contributed by atoms with E-state index in [0.29, 0.717) is 20.8 Å². The van der Waals surface area contributed by atoms with Gasteiger partial charge < -0.3 is 10.3 Å². The molecule has 0 aromatic heterocycles. The van der Waals surface area contributed by atoms with Crippen LogP contribution in [0.3, 0.4) is 0 Å². The summed E-state index contributed by atoms with van der Waals surface area (Å²) in [5.74, 6) is 0. The number of quaternary nitrogens is 1. The first kappa shape index (κ1) is 17.8. The fraction of sp³-hybridized carbons (Fsp3) is 0.143. The first-order valence-corrected chi connectivity index (χ1v) is 6.39. The number of benzene rings is 1. The maximum atomic E-state index is 10.7. The second kappa shape index (κ2) is 6.27. The van der Waals surface area contributed by atoms with Gasteiger partial charge in [-0.1, -0.05) is 34.8 Å². The molecule has 0 spiro atoms. The molecule has 1 rings (SSSR count). The van der Waals surface area contributed by atoms with Crippen molar-refractivity contribution in [3.05, 3.63) is 27.2 Å². The molecule has 1 aromatic carbocycles. The maximum Gasteiger partial charge on any atom is 0.485 e. The molecule has 0 aliphatic rings. The van der Waals surface area contributed by atoms with E-state index in [1.165, 1.54) is 0 Å². The van der Waals surface area contributed by atoms with Gasteiger partial charge in [-0.05, 0) is 12.1 Å². The number of alkyl halides is 3. The molecular formula is C7H5Cl3F3NO3S. The normalized spacial score (nSPS) is 11.8. The third-order valence-electron chi connectivity index (χ3n) is 1.39. The van der Waals surface area contributed by atoms with E-state index in [0.717, 1.165) is 0 Å². The van der Waals surface area contributed by atoms with E-state index < -0.39 is 15.6 Å². The highest BCUT2D eigenvalue weighted by Gasteiger charge is 2.36. The SMILES string of the molecule is O=S(=O)([O-])C(F)(F)F.[NH3+]c1c(Cl)cc(Cl)cc1Cl. The molecule has 0 radical (unpaired) electrons. The number of hydrogen-bond acceptors (Lipinski definition) is 3. The van der Waals surface area contributed by atoms with Crippen molar-refractivity contribution in [2.45, 2.75) is 5.51 Å². The van der Waals surface area contributed by atoms with Crippen molar-refractivity contribution in [2.75, 3.05) is 0 Å². The molecule has 0 aliphatic carbocycles. The van der Waals surface area contributed by atoms with Crippen LogP contribution in [-0.4, -0.2) is 18.5 Å². The van der Waals surface area contributed by atoms with Crippen molar-refractivity contribution in [1.82, 2.24) is 0 Å². The van der Waals surface area contributed by atoms with E-state index in [1.807, 2.05) is 0 Å². The van der Waals surface area contributed by atoms with Gasteiger partial charge in [0.1, 0.15) is 10.0 Å². The van der Waals surface area contributed by atoms with Gasteiger partial charge in [-0.15, -0.1) is 0 Å². The van der Waals surface area contributed by atoms with E-state index in [9.17, 15) is 13.2 Å². The Kier molecular flexibility index (Phi) is 6.18. The lowest BCUT2D eigenvalue weighted by atomic mass is 10.3. The van der Waals surface area contributed by atoms with Crippen LogP contribution in [0.15, 0.2) is 12.1 Å². The highest BCUT2D eigenvalue weighted by atomic mass is 35.5. The molecule has 0 bridgehead atoms. The molecule has 0 fully saturated rings. The summed E-state index contributed by atoms with van der Waals surface area (Å²) in [5, 5.41) is 1.53. The quantitative estimate of drug-likeness (QED) is 0.579. The van der Waals surface area contributed by atoms with Crippen molar-refractivity contribution < 1.29 is 31.9 Å². The summed E-state index contributed by atoms with van der Waals surface area (Å²) in [4.78, 5) is 0. The second-order valence-electron chi connectivity index (χ2n) is 2.75. The van der Waals surface area contributed by atoms with Crippen LogP contribution in [0.5, 0.6) is 0 Å². The zero-order chi connectivity index (χ0) is 14.7. The van der Waals surface area contributed by atoms with Gasteiger partial charge in [-0.25, -0.2) is 8.42 Å². The molecule has 0 saturated carbocycles. The third kappa shape index (κ3) is 5.59. The van der Waals surface area contributed by atoms with Gasteiger partial charge in [0.2, 0.25) is 0 Å². The van der Waals surface area contributed by atoms with Crippen LogP contribution in [0.25, 0.3) is 0 Å². The zero-order valence-corrected chi connectivity index (χ0v) is 11.3. The third-order valence-corrected chi connectivity index (χ3v) is 2.85. The largest absolute Gasteiger partial charge is 0.741 e. The molecular weight excluding hydrogens is 342 g/mol. The van der Waals surface area contributed by atoms with Crippen molar-refractivity contribution in [1.29, 1.82) is 0 Å². The lowest BCUT2D eigenvalue weighted by Crippen LogP contribution is -2.40. The molecule has 0 unspecified atom stereocenters. The number of hydrogen-bond donors (Lipinski definition) is 1. The van der Waals surface area contributed by atoms with E-state index in [-0.39, 0.29) is 0 Å². The fourth-order valence-electron chi connectivity index (χ4n) is 0.572. The number of halogens is 6. The first-order valence-electron chi connectivity index (χ1n) is 3.85. The van der Waals surface area contributed by atoms with Crippen molar-refractivity contribution >= 4 is 50.6 Å². The predicted molar refractivity (Wildman–Crippen MR) is 59.8 cm³/mol. The van der Waals surface area contributed by atoms with Gasteiger partial charge in [0, 0.05) is 5.02 Å². The zero-order valence-electron chi connectivity index (χ0n) is 8.26. The Balaban J connectivity index is 0.000000331. The van der Waals surface area contributed by atoms with Gasteiger partial charge in [0.15, 0.2) is 15.8 Å². The summed E-state index contributed by atoms with van der Waals surface area (Å²) in [6.45, 7) is 0. The smallest absolute Gasteiger partial charge is 0.485 e. The van der Waals surface area contributed by atoms with Crippen LogP contribution in [0.4, 0.5) is 18.9 Å². The van der Waals surface area contributed by atoms with Crippen molar-refractivity contribution in [3.63, 3.8) is 0 Å². The summed E-state index contributed by atoms with van der Waals surface area (Å²) >= 11 is 17.0. The Morgan fingerprint density at radius 3 is 1.61 bits per heavy atom. The Bertz CT molecular complexity index is 509. The molecule has 18 heavy (non-hydrogen) atoms. The highest BCUT2D eigenvalue weighted by molar-refractivity contribution is 7.86. The Morgan fingerprint density at radius 1 is 1.11 bits per heavy atom. The molecule has 1 aromatic rings. The summed E-state index contributed by atoms with van der Waals surface area (Å²) < 4.78 is 58.9. The summed E-state index contributed by atoms with van der Waals surface area (Å²) in [5.41, 5.74) is -1.39. The number of rotatable bonds is 0. The Labute approximate surface area is 115 Å². The molecule has 3 N–H and O–H groups in total. The topological polar surface area (TPSA) is 84.8 Å². The maximum absolute atomic E-state index is 10.7. The fourth-order valence-corrected chi connectivity index (χ4v) is 1.39. The average Bonchev–Trinajstić information content (AvgIpc) is 2.11. The molecule has 0 aliphatic heterocycles. The van der Waals surface area contributed by atoms with E-state index in [1.54, 1.807) is 12.1 Å². The van der Waals surface area contributed by atoms with Crippen LogP contribution >= 0.6 is 34.8 Å². The molecule has 104 valence electrons. The van der Waals surface area contributed by atoms with E-state index >= 15 is 0 Å². The molecule has 0 amide bonds. The van der Waals surface area contributed by atoms with E-state index in [2.05, 4.69) is 5.73 Å². The molecule has 0 atom stereocenters. The molecule has 0 heterocycles. The van der Waals surface area contributed by atoms with Gasteiger partial charge in [0.25, 0.3) is 0 Å². The van der Waals surface area contributed by atoms with E-state index in [4.69, 9.17) is 47.8 Å². The van der Waals surface area contributed by atoms with Gasteiger partial charge in [-0.2, -0.15) is 13.2 Å². The average molecular weight is 347 g/mol. The summed E-state index contributed by atoms with van der Waals surface area (Å²) in [7, 11) is -6.09. The van der Waals surface area contributed by atoms with Crippen molar-refractivity contribution in [2.24, 2.45) is 0 Å². The summed E-state index contributed by atoms with van der Waals surface area (Å²) in [6.07, 6.45) is 0. The van der Waals surface area contributed by atoms with Crippen LogP contribution < -0.4 is 5.73 Å². The van der Waals surface area contributed by atoms with Gasteiger partial charge in [-0.3, -0.25) is 0 Å². The molecule has 0 saturated heterocycles. The van der Waals surface area contributed by atoms with Gasteiger partial charge >= 0.3 is 5.51 Å². The second-order valence-corrected chi connectivity index (χ2v) is 5.37. The molecule has 4 nitrogen and oxygen atoms in total. The van der Waals surface area contributed by atoms with Gasteiger partial charge in [0.05, 0.1) is 0 Å². The minimum atomic E-state index is -6.09. The van der Waals surface area contributed by atoms with Crippen LogP contribution in [0.1, 0.15) is 0 Å². The molecule has 11 heteroatoms. The highest BCUT2D eigenvalue weighted by Crippen LogP contribution is 2.29. The monoisotopic (exact) mass is 345 g/mol. The van der Waals surface area contributed by atoms with Crippen LogP contribution in [0.2, 0.25) is 15.1 Å². The Hall–Kier alpha value is -0.250. The van der Waals surface area contributed by atoms with Crippen LogP contribution in [-0.2, 0) is 10.1 Å². The lowest BCUT2D eigenvalue weighted by molar-refractivity contribution is -0.254. The minimum Gasteiger partial charge on any atom is -0.741 e. The Morgan fingerprint density at radius 2 is 1.39 bits per heavy atom.